The van der Waals surface area contributed by atoms with Crippen LogP contribution in [0.5, 0.6) is 5.88 Å². The van der Waals surface area contributed by atoms with E-state index >= 15 is 0 Å². The lowest BCUT2D eigenvalue weighted by Gasteiger charge is -2.18. The lowest BCUT2D eigenvalue weighted by Crippen LogP contribution is -2.21. The van der Waals surface area contributed by atoms with Crippen LogP contribution in [-0.2, 0) is 19.4 Å². The quantitative estimate of drug-likeness (QED) is 0.163. The van der Waals surface area contributed by atoms with E-state index in [-0.39, 0.29) is 35.8 Å². The summed E-state index contributed by atoms with van der Waals surface area (Å²) >= 11 is 1.12. The molecular weight excluding hydrogens is 615 g/mol. The number of nitrogens with zero attached hydrogens (tertiary/aromatic N) is 4. The average Bonchev–Trinajstić information content (AvgIpc) is 3.71. The smallest absolute Gasteiger partial charge is 0.261 e. The van der Waals surface area contributed by atoms with Gasteiger partial charge in [-0.15, -0.1) is 21.5 Å². The van der Waals surface area contributed by atoms with Crippen molar-refractivity contribution >= 4 is 17.2 Å². The molecule has 0 aliphatic rings. The number of ether oxygens (including phenoxy) is 1. The fraction of sp³-hybridized carbons (Fsp3) is 0.265. The average molecular weight is 648 g/mol. The maximum absolute atomic E-state index is 13.6. The molecule has 0 spiro atoms. The number of rotatable bonds is 10. The molecule has 5 aromatic rings. The van der Waals surface area contributed by atoms with Gasteiger partial charge in [-0.3, -0.25) is 4.79 Å². The Morgan fingerprint density at radius 3 is 2.33 bits per heavy atom. The highest BCUT2D eigenvalue weighted by molar-refractivity contribution is 7.17. The lowest BCUT2D eigenvalue weighted by atomic mass is 9.96. The lowest BCUT2D eigenvalue weighted by molar-refractivity contribution is 0.0955. The van der Waals surface area contributed by atoms with Crippen molar-refractivity contribution < 1.29 is 27.1 Å². The molecule has 1 N–H and O–H groups in total. The number of carbonyl (C=O) groups is 1. The number of amides is 1. The van der Waals surface area contributed by atoms with Gasteiger partial charge in [-0.25, -0.2) is 18.2 Å². The Morgan fingerprint density at radius 2 is 1.70 bits per heavy atom. The number of hydrogen-bond donors (Lipinski definition) is 1. The summed E-state index contributed by atoms with van der Waals surface area (Å²) in [5, 5.41) is 21.3. The molecule has 0 radical (unpaired) electrons. The zero-order valence-corrected chi connectivity index (χ0v) is 26.8. The molecule has 0 aliphatic carbocycles. The van der Waals surface area contributed by atoms with E-state index in [0.717, 1.165) is 29.0 Å². The highest BCUT2D eigenvalue weighted by Crippen LogP contribution is 2.43. The molecule has 0 aliphatic heterocycles. The molecule has 8 nitrogen and oxygen atoms in total. The van der Waals surface area contributed by atoms with Crippen LogP contribution in [0, 0.1) is 35.7 Å². The van der Waals surface area contributed by atoms with Gasteiger partial charge in [-0.05, 0) is 74.2 Å². The molecule has 0 bridgehead atoms. The first-order valence-electron chi connectivity index (χ1n) is 14.6. The molecule has 0 fully saturated rings. The summed E-state index contributed by atoms with van der Waals surface area (Å²) in [7, 11) is 0. The minimum atomic E-state index is -1.00. The molecule has 3 aromatic heterocycles. The Hall–Kier alpha value is -5.02. The molecule has 2 aromatic carbocycles. The van der Waals surface area contributed by atoms with E-state index in [2.05, 4.69) is 21.6 Å². The standard InChI is InChI=1S/C32H26F3N5O3S.C2H6/c1-17(2)42-31-22(15-36)28(26-12-13-27(44-26)30(41)37-16-20-6-10-23(34)24(35)14-20)29(32-40-39-18(3)43-32)25(38-31)11-7-19-4-8-21(33)9-5-19;1-2/h4-6,8-10,12-14,17H,7,11,16H2,1-3H3,(H,37,41);1-2H3. The number of nitrogens with one attached hydrogen (secondary N) is 1. The summed E-state index contributed by atoms with van der Waals surface area (Å²) in [6.07, 6.45) is 0.551. The van der Waals surface area contributed by atoms with Gasteiger partial charge in [0.25, 0.3) is 5.91 Å². The molecule has 0 atom stereocenters. The highest BCUT2D eigenvalue weighted by Gasteiger charge is 2.28. The molecule has 1 amide bonds. The number of benzene rings is 2. The van der Waals surface area contributed by atoms with E-state index in [1.807, 2.05) is 27.7 Å². The summed E-state index contributed by atoms with van der Waals surface area (Å²) in [6.45, 7) is 9.26. The van der Waals surface area contributed by atoms with Crippen molar-refractivity contribution in [3.05, 3.63) is 105 Å². The van der Waals surface area contributed by atoms with Crippen LogP contribution in [-0.4, -0.2) is 27.2 Å². The number of carbonyl (C=O) groups excluding carboxylic acids is 1. The first kappa shape index (κ1) is 33.9. The van der Waals surface area contributed by atoms with E-state index in [1.54, 1.807) is 31.2 Å². The van der Waals surface area contributed by atoms with Crippen LogP contribution in [0.25, 0.3) is 21.9 Å². The third-order valence-electron chi connectivity index (χ3n) is 6.51. The molecular formula is C34H32F3N5O3S. The number of halogens is 3. The molecule has 3 heterocycles. The van der Waals surface area contributed by atoms with Gasteiger partial charge in [-0.1, -0.05) is 32.0 Å². The van der Waals surface area contributed by atoms with Crippen molar-refractivity contribution in [2.75, 3.05) is 0 Å². The number of thiophene rings is 1. The topological polar surface area (TPSA) is 114 Å². The third kappa shape index (κ3) is 7.97. The van der Waals surface area contributed by atoms with E-state index < -0.39 is 17.5 Å². The van der Waals surface area contributed by atoms with Crippen molar-refractivity contribution in [3.8, 4) is 33.8 Å². The molecule has 46 heavy (non-hydrogen) atoms. The van der Waals surface area contributed by atoms with Gasteiger partial charge in [0.05, 0.1) is 22.2 Å². The zero-order valence-electron chi connectivity index (χ0n) is 26.0. The summed E-state index contributed by atoms with van der Waals surface area (Å²) in [4.78, 5) is 18.6. The van der Waals surface area contributed by atoms with Crippen LogP contribution in [0.1, 0.15) is 65.6 Å². The third-order valence-corrected chi connectivity index (χ3v) is 7.62. The van der Waals surface area contributed by atoms with Gasteiger partial charge in [-0.2, -0.15) is 5.26 Å². The van der Waals surface area contributed by atoms with Crippen molar-refractivity contribution in [2.45, 2.75) is 60.1 Å². The van der Waals surface area contributed by atoms with Gasteiger partial charge in [0.2, 0.25) is 17.7 Å². The predicted octanol–water partition coefficient (Wildman–Crippen LogP) is 7.99. The monoisotopic (exact) mass is 647 g/mol. The van der Waals surface area contributed by atoms with Crippen LogP contribution >= 0.6 is 11.3 Å². The highest BCUT2D eigenvalue weighted by atomic mass is 32.1. The number of nitriles is 1. The van der Waals surface area contributed by atoms with E-state index in [9.17, 15) is 23.2 Å². The van der Waals surface area contributed by atoms with Crippen LogP contribution in [0.2, 0.25) is 0 Å². The normalized spacial score (nSPS) is 10.7. The molecule has 5 rings (SSSR count). The van der Waals surface area contributed by atoms with Gasteiger partial charge in [0.15, 0.2) is 11.6 Å². The van der Waals surface area contributed by atoms with E-state index in [4.69, 9.17) is 14.1 Å². The van der Waals surface area contributed by atoms with Crippen molar-refractivity contribution in [3.63, 3.8) is 0 Å². The van der Waals surface area contributed by atoms with Crippen LogP contribution < -0.4 is 10.1 Å². The van der Waals surface area contributed by atoms with Crippen molar-refractivity contribution in [1.82, 2.24) is 20.5 Å². The number of aryl methyl sites for hydroxylation is 3. The summed E-state index contributed by atoms with van der Waals surface area (Å²) in [5.74, 6) is -2.20. The molecule has 0 saturated heterocycles. The first-order chi connectivity index (χ1) is 22.1. The Morgan fingerprint density at radius 1 is 0.978 bits per heavy atom. The van der Waals surface area contributed by atoms with Gasteiger partial charge in [0.1, 0.15) is 17.4 Å². The fourth-order valence-corrected chi connectivity index (χ4v) is 5.49. The van der Waals surface area contributed by atoms with Crippen LogP contribution in [0.3, 0.4) is 0 Å². The second-order valence-electron chi connectivity index (χ2n) is 10.1. The first-order valence-corrected chi connectivity index (χ1v) is 15.5. The van der Waals surface area contributed by atoms with Crippen molar-refractivity contribution in [2.24, 2.45) is 0 Å². The minimum absolute atomic E-state index is 0.0195. The second kappa shape index (κ2) is 15.3. The Kier molecular flexibility index (Phi) is 11.3. The van der Waals surface area contributed by atoms with E-state index in [1.165, 1.54) is 18.2 Å². The van der Waals surface area contributed by atoms with E-state index in [0.29, 0.717) is 50.9 Å². The minimum Gasteiger partial charge on any atom is -0.474 e. The Labute approximate surface area is 268 Å². The maximum atomic E-state index is 13.6. The number of hydrogen-bond acceptors (Lipinski definition) is 8. The molecule has 0 saturated carbocycles. The van der Waals surface area contributed by atoms with Crippen LogP contribution in [0.15, 0.2) is 59.0 Å². The molecule has 0 unspecified atom stereocenters. The molecule has 12 heteroatoms. The van der Waals surface area contributed by atoms with Crippen LogP contribution in [0.4, 0.5) is 13.2 Å². The van der Waals surface area contributed by atoms with Crippen molar-refractivity contribution in [1.29, 1.82) is 5.26 Å². The van der Waals surface area contributed by atoms with Gasteiger partial charge >= 0.3 is 0 Å². The molecule has 238 valence electrons. The summed E-state index contributed by atoms with van der Waals surface area (Å²) in [6, 6.07) is 15.1. The SMILES string of the molecule is CC.Cc1nnc(-c2c(CCc3ccc(F)cc3)nc(OC(C)C)c(C#N)c2-c2ccc(C(=O)NCc3ccc(F)c(F)c3)s2)o1. The second-order valence-corrected chi connectivity index (χ2v) is 11.2. The summed E-state index contributed by atoms with van der Waals surface area (Å²) < 4.78 is 52.2. The van der Waals surface area contributed by atoms with Gasteiger partial charge in [0, 0.05) is 23.9 Å². The maximum Gasteiger partial charge on any atom is 0.261 e. The zero-order chi connectivity index (χ0) is 33.4. The summed E-state index contributed by atoms with van der Waals surface area (Å²) in [5.41, 5.74) is 2.75. The fourth-order valence-electron chi connectivity index (χ4n) is 4.51. The van der Waals surface area contributed by atoms with Gasteiger partial charge < -0.3 is 14.5 Å². The predicted molar refractivity (Wildman–Crippen MR) is 169 cm³/mol. The Balaban J connectivity index is 0.00000235. The number of aromatic nitrogens is 3. The number of pyridine rings is 1. The Bertz CT molecular complexity index is 1860. The largest absolute Gasteiger partial charge is 0.474 e.